The summed E-state index contributed by atoms with van der Waals surface area (Å²) in [6.45, 7) is 2.80. The number of esters is 1. The summed E-state index contributed by atoms with van der Waals surface area (Å²) in [5, 5.41) is 3.33. The van der Waals surface area contributed by atoms with Crippen molar-refractivity contribution in [1.82, 2.24) is 10.2 Å². The van der Waals surface area contributed by atoms with E-state index in [9.17, 15) is 14.4 Å². The third-order valence-electron chi connectivity index (χ3n) is 3.80. The number of halogens is 1. The third-order valence-corrected chi connectivity index (χ3v) is 4.05. The van der Waals surface area contributed by atoms with E-state index in [1.54, 1.807) is 24.0 Å². The maximum Gasteiger partial charge on any atom is 0.409 e. The van der Waals surface area contributed by atoms with Crippen LogP contribution in [0, 0.1) is 0 Å². The van der Waals surface area contributed by atoms with Crippen LogP contribution in [0.2, 0.25) is 5.02 Å². The largest absolute Gasteiger partial charge is 0.452 e. The molecule has 0 aliphatic carbocycles. The zero-order valence-corrected chi connectivity index (χ0v) is 14.8. The van der Waals surface area contributed by atoms with E-state index in [1.165, 1.54) is 12.1 Å². The molecule has 7 nitrogen and oxygen atoms in total. The number of hydrogen-bond acceptors (Lipinski definition) is 5. The second-order valence-electron chi connectivity index (χ2n) is 5.61. The molecule has 1 fully saturated rings. The lowest BCUT2D eigenvalue weighted by Crippen LogP contribution is -2.47. The molecule has 0 spiro atoms. The molecule has 0 unspecified atom stereocenters. The van der Waals surface area contributed by atoms with E-state index in [0.29, 0.717) is 43.1 Å². The van der Waals surface area contributed by atoms with Crippen molar-refractivity contribution in [2.75, 3.05) is 26.3 Å². The number of carbonyl (C=O) groups is 3. The van der Waals surface area contributed by atoms with Gasteiger partial charge in [0.25, 0.3) is 5.91 Å². The van der Waals surface area contributed by atoms with E-state index < -0.39 is 5.97 Å². The average molecular weight is 369 g/mol. The second kappa shape index (κ2) is 9.27. The van der Waals surface area contributed by atoms with Crippen molar-refractivity contribution >= 4 is 29.6 Å². The molecule has 136 valence electrons. The van der Waals surface area contributed by atoms with Crippen LogP contribution in [0.4, 0.5) is 4.79 Å². The summed E-state index contributed by atoms with van der Waals surface area (Å²) in [6.07, 6.45) is 0.940. The summed E-state index contributed by atoms with van der Waals surface area (Å²) in [4.78, 5) is 37.0. The summed E-state index contributed by atoms with van der Waals surface area (Å²) < 4.78 is 9.93. The highest BCUT2D eigenvalue weighted by Crippen LogP contribution is 2.12. The van der Waals surface area contributed by atoms with Gasteiger partial charge in [0, 0.05) is 24.2 Å². The summed E-state index contributed by atoms with van der Waals surface area (Å²) in [6, 6.07) is 6.18. The Bertz CT molecular complexity index is 612. The molecule has 8 heteroatoms. The van der Waals surface area contributed by atoms with Crippen LogP contribution in [0.15, 0.2) is 24.3 Å². The first-order valence-corrected chi connectivity index (χ1v) is 8.51. The lowest BCUT2D eigenvalue weighted by molar-refractivity contribution is -0.125. The Kier molecular flexibility index (Phi) is 7.06. The standard InChI is InChI=1S/C17H21ClN2O5/c1-2-24-17(23)20-9-7-14(8-10-20)19-15(21)11-25-16(22)12-3-5-13(18)6-4-12/h3-6,14H,2,7-11H2,1H3,(H,19,21). The van der Waals surface area contributed by atoms with Crippen LogP contribution < -0.4 is 5.32 Å². The van der Waals surface area contributed by atoms with Crippen molar-refractivity contribution < 1.29 is 23.9 Å². The van der Waals surface area contributed by atoms with E-state index >= 15 is 0 Å². The quantitative estimate of drug-likeness (QED) is 0.805. The van der Waals surface area contributed by atoms with Crippen molar-refractivity contribution in [2.24, 2.45) is 0 Å². The van der Waals surface area contributed by atoms with Crippen molar-refractivity contribution in [2.45, 2.75) is 25.8 Å². The SMILES string of the molecule is CCOC(=O)N1CCC(NC(=O)COC(=O)c2ccc(Cl)cc2)CC1. The highest BCUT2D eigenvalue weighted by Gasteiger charge is 2.24. The Morgan fingerprint density at radius 1 is 1.16 bits per heavy atom. The van der Waals surface area contributed by atoms with Gasteiger partial charge in [-0.25, -0.2) is 9.59 Å². The van der Waals surface area contributed by atoms with Crippen molar-refractivity contribution in [3.8, 4) is 0 Å². The molecule has 25 heavy (non-hydrogen) atoms. The van der Waals surface area contributed by atoms with Gasteiger partial charge >= 0.3 is 12.1 Å². The fourth-order valence-electron chi connectivity index (χ4n) is 2.49. The summed E-state index contributed by atoms with van der Waals surface area (Å²) in [5.74, 6) is -0.944. The number of ether oxygens (including phenoxy) is 2. The van der Waals surface area contributed by atoms with E-state index in [0.717, 1.165) is 0 Å². The molecule has 2 rings (SSSR count). The van der Waals surface area contributed by atoms with Gasteiger partial charge in [-0.1, -0.05) is 11.6 Å². The van der Waals surface area contributed by atoms with Gasteiger partial charge in [0.15, 0.2) is 6.61 Å². The third kappa shape index (κ3) is 5.94. The van der Waals surface area contributed by atoms with Gasteiger partial charge in [-0.15, -0.1) is 0 Å². The fraction of sp³-hybridized carbons (Fsp3) is 0.471. The van der Waals surface area contributed by atoms with E-state index in [2.05, 4.69) is 5.32 Å². The number of benzene rings is 1. The average Bonchev–Trinajstić information content (AvgIpc) is 2.61. The molecular formula is C17H21ClN2O5. The van der Waals surface area contributed by atoms with Gasteiger partial charge < -0.3 is 19.7 Å². The molecule has 1 aliphatic heterocycles. The molecule has 0 atom stereocenters. The molecule has 1 aromatic rings. The first-order valence-electron chi connectivity index (χ1n) is 8.13. The zero-order valence-electron chi connectivity index (χ0n) is 14.0. The van der Waals surface area contributed by atoms with Crippen LogP contribution in [0.25, 0.3) is 0 Å². The summed E-state index contributed by atoms with van der Waals surface area (Å²) in [5.41, 5.74) is 0.333. The molecule has 1 aromatic carbocycles. The molecule has 0 bridgehead atoms. The van der Waals surface area contributed by atoms with Gasteiger partial charge in [0.1, 0.15) is 0 Å². The molecule has 1 aliphatic rings. The van der Waals surface area contributed by atoms with E-state index in [1.807, 2.05) is 0 Å². The number of likely N-dealkylation sites (tertiary alicyclic amines) is 1. The lowest BCUT2D eigenvalue weighted by atomic mass is 10.1. The molecule has 1 saturated heterocycles. The number of amides is 2. The van der Waals surface area contributed by atoms with Crippen LogP contribution in [0.5, 0.6) is 0 Å². The minimum atomic E-state index is -0.580. The Morgan fingerprint density at radius 2 is 1.80 bits per heavy atom. The highest BCUT2D eigenvalue weighted by molar-refractivity contribution is 6.30. The summed E-state index contributed by atoms with van der Waals surface area (Å²) in [7, 11) is 0. The molecule has 1 heterocycles. The van der Waals surface area contributed by atoms with Crippen LogP contribution in [0.1, 0.15) is 30.1 Å². The topological polar surface area (TPSA) is 84.9 Å². The number of piperidine rings is 1. The Balaban J connectivity index is 1.70. The minimum absolute atomic E-state index is 0.0487. The normalized spacial score (nSPS) is 14.7. The monoisotopic (exact) mass is 368 g/mol. The van der Waals surface area contributed by atoms with Crippen molar-refractivity contribution in [3.05, 3.63) is 34.9 Å². The van der Waals surface area contributed by atoms with Crippen LogP contribution in [0.3, 0.4) is 0 Å². The van der Waals surface area contributed by atoms with Gasteiger partial charge in [-0.05, 0) is 44.0 Å². The first-order chi connectivity index (χ1) is 12.0. The minimum Gasteiger partial charge on any atom is -0.452 e. The lowest BCUT2D eigenvalue weighted by Gasteiger charge is -2.31. The van der Waals surface area contributed by atoms with Crippen LogP contribution in [-0.2, 0) is 14.3 Å². The number of carbonyl (C=O) groups excluding carboxylic acids is 3. The maximum atomic E-state index is 11.9. The van der Waals surface area contributed by atoms with Crippen LogP contribution >= 0.6 is 11.6 Å². The maximum absolute atomic E-state index is 11.9. The Hall–Kier alpha value is -2.28. The number of nitrogens with one attached hydrogen (secondary N) is 1. The van der Waals surface area contributed by atoms with Crippen molar-refractivity contribution in [3.63, 3.8) is 0 Å². The molecule has 0 radical (unpaired) electrons. The number of hydrogen-bond donors (Lipinski definition) is 1. The second-order valence-corrected chi connectivity index (χ2v) is 6.05. The molecule has 0 saturated carbocycles. The Labute approximate surface area is 151 Å². The molecule has 0 aromatic heterocycles. The fourth-order valence-corrected chi connectivity index (χ4v) is 2.62. The van der Waals surface area contributed by atoms with Gasteiger partial charge in [-0.2, -0.15) is 0 Å². The predicted octanol–water partition coefficient (Wildman–Crippen LogP) is 2.23. The Morgan fingerprint density at radius 3 is 2.40 bits per heavy atom. The molecule has 2 amide bonds. The molecular weight excluding hydrogens is 348 g/mol. The van der Waals surface area contributed by atoms with E-state index in [-0.39, 0.29) is 24.6 Å². The smallest absolute Gasteiger partial charge is 0.409 e. The predicted molar refractivity (Wildman–Crippen MR) is 91.5 cm³/mol. The van der Waals surface area contributed by atoms with Gasteiger partial charge in [-0.3, -0.25) is 4.79 Å². The van der Waals surface area contributed by atoms with Gasteiger partial charge in [0.2, 0.25) is 0 Å². The summed E-state index contributed by atoms with van der Waals surface area (Å²) >= 11 is 5.75. The van der Waals surface area contributed by atoms with Crippen LogP contribution in [-0.4, -0.2) is 55.2 Å². The highest BCUT2D eigenvalue weighted by atomic mass is 35.5. The van der Waals surface area contributed by atoms with E-state index in [4.69, 9.17) is 21.1 Å². The van der Waals surface area contributed by atoms with Gasteiger partial charge in [0.05, 0.1) is 12.2 Å². The first kappa shape index (κ1) is 19.1. The molecule has 1 N–H and O–H groups in total. The van der Waals surface area contributed by atoms with Crippen molar-refractivity contribution in [1.29, 1.82) is 0 Å². The number of rotatable bonds is 5. The zero-order chi connectivity index (χ0) is 18.2. The number of nitrogens with zero attached hydrogens (tertiary/aromatic N) is 1.